The number of halogens is 3. The van der Waals surface area contributed by atoms with Crippen LogP contribution in [0.5, 0.6) is 0 Å². The van der Waals surface area contributed by atoms with Crippen molar-refractivity contribution in [3.63, 3.8) is 0 Å². The lowest BCUT2D eigenvalue weighted by Gasteiger charge is -2.23. The monoisotopic (exact) mass is 642 g/mol. The summed E-state index contributed by atoms with van der Waals surface area (Å²) in [5, 5.41) is 0. The lowest BCUT2D eigenvalue weighted by Crippen LogP contribution is -2.30. The van der Waals surface area contributed by atoms with E-state index in [0.717, 1.165) is 0 Å². The average molecular weight is 644 g/mol. The van der Waals surface area contributed by atoms with Gasteiger partial charge in [0.25, 0.3) is 0 Å². The Hall–Kier alpha value is -1.14. The molecule has 0 aliphatic carbocycles. The molecule has 0 N–H and O–H groups in total. The minimum absolute atomic E-state index is 0.00163. The maximum Gasteiger partial charge on any atom is 0.356 e. The second-order valence-corrected chi connectivity index (χ2v) is 13.7. The van der Waals surface area contributed by atoms with Crippen LogP contribution in [0.3, 0.4) is 0 Å². The zero-order valence-electron chi connectivity index (χ0n) is 24.8. The highest BCUT2D eigenvalue weighted by atomic mass is 35.7. The van der Waals surface area contributed by atoms with Gasteiger partial charge < -0.3 is 14.2 Å². The number of rotatable bonds is 11. The molecule has 10 nitrogen and oxygen atoms in total. The van der Waals surface area contributed by atoms with Gasteiger partial charge in [0.05, 0.1) is 18.8 Å². The van der Waals surface area contributed by atoms with Crippen LogP contribution in [0.2, 0.25) is 0 Å². The highest BCUT2D eigenvalue weighted by Crippen LogP contribution is 2.21. The summed E-state index contributed by atoms with van der Waals surface area (Å²) >= 11 is 10.1. The SMILES string of the molecule is CC(=O)[C@@H](CC(=O)OC(C)(C)C)C(C)C.CC(C)[C@H](CC(=O)OC(C)(C)C)C(=O)OCCl.O=S(=O)(Cl)OCCl. The molecule has 0 fully saturated rings. The van der Waals surface area contributed by atoms with Crippen molar-refractivity contribution in [1.82, 2.24) is 0 Å². The third-order valence-corrected chi connectivity index (χ3v) is 5.44. The molecular formula is C25H45Cl3O10S. The second-order valence-electron chi connectivity index (χ2n) is 11.1. The number of hydrogen-bond donors (Lipinski definition) is 0. The van der Waals surface area contributed by atoms with Gasteiger partial charge in [-0.25, -0.2) is 4.18 Å². The highest BCUT2D eigenvalue weighted by Gasteiger charge is 2.29. The number of esters is 3. The van der Waals surface area contributed by atoms with Crippen LogP contribution in [0.4, 0.5) is 0 Å². The van der Waals surface area contributed by atoms with Gasteiger partial charge in [-0.15, -0.1) is 0 Å². The summed E-state index contributed by atoms with van der Waals surface area (Å²) in [6.07, 6.45) is 0.203. The van der Waals surface area contributed by atoms with Crippen LogP contribution in [-0.4, -0.2) is 55.4 Å². The van der Waals surface area contributed by atoms with Crippen molar-refractivity contribution in [3.8, 4) is 0 Å². The van der Waals surface area contributed by atoms with Gasteiger partial charge in [-0.05, 0) is 60.3 Å². The lowest BCUT2D eigenvalue weighted by atomic mass is 9.89. The van der Waals surface area contributed by atoms with Gasteiger partial charge in [0.15, 0.2) is 6.07 Å². The molecule has 39 heavy (non-hydrogen) atoms. The first-order valence-corrected chi connectivity index (χ1v) is 15.5. The number of ketones is 1. The van der Waals surface area contributed by atoms with Crippen molar-refractivity contribution >= 4 is 66.9 Å². The molecular weight excluding hydrogens is 599 g/mol. The molecule has 0 saturated heterocycles. The molecule has 14 heteroatoms. The van der Waals surface area contributed by atoms with Crippen LogP contribution in [0.15, 0.2) is 0 Å². The van der Waals surface area contributed by atoms with E-state index in [4.69, 9.17) is 37.4 Å². The molecule has 2 atom stereocenters. The molecule has 0 amide bonds. The number of ether oxygens (including phenoxy) is 3. The second kappa shape index (κ2) is 19.9. The summed E-state index contributed by atoms with van der Waals surface area (Å²) in [7, 11) is 0.665. The Labute approximate surface area is 248 Å². The molecule has 0 heterocycles. The summed E-state index contributed by atoms with van der Waals surface area (Å²) in [5.41, 5.74) is -1.02. The van der Waals surface area contributed by atoms with Gasteiger partial charge in [-0.1, -0.05) is 50.9 Å². The van der Waals surface area contributed by atoms with Gasteiger partial charge in [-0.3, -0.25) is 19.2 Å². The van der Waals surface area contributed by atoms with Crippen molar-refractivity contribution in [3.05, 3.63) is 0 Å². The van der Waals surface area contributed by atoms with Gasteiger partial charge in [0, 0.05) is 16.6 Å². The van der Waals surface area contributed by atoms with Gasteiger partial charge in [0.1, 0.15) is 23.1 Å². The third-order valence-electron chi connectivity index (χ3n) is 4.43. The molecule has 0 spiro atoms. The zero-order chi connectivity index (χ0) is 31.8. The summed E-state index contributed by atoms with van der Waals surface area (Å²) in [4.78, 5) is 46.0. The fourth-order valence-corrected chi connectivity index (χ4v) is 3.62. The maximum atomic E-state index is 11.6. The Morgan fingerprint density at radius 3 is 1.28 bits per heavy atom. The summed E-state index contributed by atoms with van der Waals surface area (Å²) in [6.45, 7) is 19.9. The van der Waals surface area contributed by atoms with Crippen molar-refractivity contribution in [2.75, 3.05) is 12.1 Å². The molecule has 0 rings (SSSR count). The van der Waals surface area contributed by atoms with Crippen molar-refractivity contribution in [1.29, 1.82) is 0 Å². The van der Waals surface area contributed by atoms with Crippen molar-refractivity contribution < 1.29 is 46.0 Å². The molecule has 0 aliphatic heterocycles. The van der Waals surface area contributed by atoms with E-state index in [0.29, 0.717) is 0 Å². The minimum Gasteiger partial charge on any atom is -0.460 e. The standard InChI is InChI=1S/C12H21ClO4.C12H22O3.CH2Cl2O3S/c1-8(2)9(11(15)16-7-13)6-10(14)17-12(3,4)5;1-8(2)10(9(3)13)7-11(14)15-12(4,5)6;2-1-6-7(3,4)5/h8-9H,6-7H2,1-5H3;8,10H,7H2,1-6H3;1H2/t9-;10-;/m00./s1. The topological polar surface area (TPSA) is 139 Å². The van der Waals surface area contributed by atoms with E-state index >= 15 is 0 Å². The Bertz CT molecular complexity index is 860. The maximum absolute atomic E-state index is 11.6. The molecule has 0 unspecified atom stereocenters. The van der Waals surface area contributed by atoms with Crippen LogP contribution in [0.25, 0.3) is 0 Å². The minimum atomic E-state index is -3.83. The molecule has 0 radical (unpaired) electrons. The molecule has 0 saturated carbocycles. The van der Waals surface area contributed by atoms with Crippen LogP contribution in [0.1, 0.15) is 89.0 Å². The quantitative estimate of drug-likeness (QED) is 0.114. The zero-order valence-corrected chi connectivity index (χ0v) is 27.8. The molecule has 0 aliphatic rings. The fraction of sp³-hybridized carbons (Fsp3) is 0.840. The van der Waals surface area contributed by atoms with E-state index in [-0.39, 0.29) is 48.4 Å². The van der Waals surface area contributed by atoms with E-state index < -0.39 is 44.5 Å². The van der Waals surface area contributed by atoms with Crippen LogP contribution >= 0.6 is 33.9 Å². The first kappa shape index (κ1) is 42.3. The van der Waals surface area contributed by atoms with E-state index in [1.54, 1.807) is 20.8 Å². The lowest BCUT2D eigenvalue weighted by molar-refractivity contribution is -0.162. The fourth-order valence-electron chi connectivity index (χ4n) is 2.78. The Balaban J connectivity index is -0.000000539. The molecule has 0 aromatic rings. The summed E-state index contributed by atoms with van der Waals surface area (Å²) in [6, 6.07) is -0.637. The van der Waals surface area contributed by atoms with Crippen molar-refractivity contribution in [2.24, 2.45) is 23.7 Å². The third kappa shape index (κ3) is 28.2. The normalized spacial score (nSPS) is 13.2. The summed E-state index contributed by atoms with van der Waals surface area (Å²) in [5.74, 6) is -1.66. The summed E-state index contributed by atoms with van der Waals surface area (Å²) < 4.78 is 38.2. The number of Topliss-reactive ketones (excluding diaryl/α,β-unsaturated/α-hetero) is 1. The van der Waals surface area contributed by atoms with Crippen LogP contribution in [0, 0.1) is 23.7 Å². The van der Waals surface area contributed by atoms with E-state index in [1.165, 1.54) is 6.92 Å². The first-order chi connectivity index (χ1) is 17.4. The van der Waals surface area contributed by atoms with Crippen molar-refractivity contribution in [2.45, 2.75) is 100 Å². The Morgan fingerprint density at radius 1 is 0.718 bits per heavy atom. The average Bonchev–Trinajstić information content (AvgIpc) is 2.67. The number of hydrogen-bond acceptors (Lipinski definition) is 10. The van der Waals surface area contributed by atoms with Gasteiger partial charge in [-0.2, -0.15) is 8.42 Å². The predicted octanol–water partition coefficient (Wildman–Crippen LogP) is 5.99. The number of carbonyl (C=O) groups excluding carboxylic acids is 4. The predicted molar refractivity (Wildman–Crippen MR) is 152 cm³/mol. The smallest absolute Gasteiger partial charge is 0.356 e. The van der Waals surface area contributed by atoms with E-state index in [9.17, 15) is 27.6 Å². The Kier molecular flexibility index (Phi) is 21.5. The van der Waals surface area contributed by atoms with E-state index in [2.05, 4.69) is 14.9 Å². The van der Waals surface area contributed by atoms with Gasteiger partial charge >= 0.3 is 27.2 Å². The first-order valence-electron chi connectivity index (χ1n) is 12.2. The molecule has 232 valence electrons. The number of alkyl halides is 2. The van der Waals surface area contributed by atoms with Crippen LogP contribution in [-0.2, 0) is 46.9 Å². The largest absolute Gasteiger partial charge is 0.460 e. The molecule has 0 bridgehead atoms. The highest BCUT2D eigenvalue weighted by molar-refractivity contribution is 8.10. The molecule has 0 aromatic heterocycles. The Morgan fingerprint density at radius 2 is 1.08 bits per heavy atom. The van der Waals surface area contributed by atoms with E-state index in [1.807, 2.05) is 48.5 Å². The number of carbonyl (C=O) groups is 4. The van der Waals surface area contributed by atoms with Crippen LogP contribution < -0.4 is 0 Å². The van der Waals surface area contributed by atoms with Gasteiger partial charge in [0.2, 0.25) is 0 Å². The molecule has 0 aromatic carbocycles.